The lowest BCUT2D eigenvalue weighted by Crippen LogP contribution is -2.15. The van der Waals surface area contributed by atoms with Crippen molar-refractivity contribution in [3.05, 3.63) is 0 Å². The first kappa shape index (κ1) is 35.1. The van der Waals surface area contributed by atoms with Gasteiger partial charge in [0.2, 0.25) is 0 Å². The molecule has 0 aromatic carbocycles. The van der Waals surface area contributed by atoms with Crippen LogP contribution in [0.15, 0.2) is 0 Å². The Hall–Kier alpha value is 0.110. The summed E-state index contributed by atoms with van der Waals surface area (Å²) in [5.41, 5.74) is 0. The molecule has 0 aromatic heterocycles. The molecule has 35 heavy (non-hydrogen) atoms. The lowest BCUT2D eigenvalue weighted by atomic mass is 10.0. The minimum absolute atomic E-state index is 0.374. The Labute approximate surface area is 220 Å². The molecule has 0 aromatic rings. The predicted molar refractivity (Wildman–Crippen MR) is 154 cm³/mol. The smallest absolute Gasteiger partial charge is 0.333 e. The molecule has 0 aliphatic rings. The molecular formula is C30H63O4P. The van der Waals surface area contributed by atoms with E-state index in [0.29, 0.717) is 37.8 Å². The number of rotatable bonds is 28. The van der Waals surface area contributed by atoms with Gasteiger partial charge in [0.25, 0.3) is 0 Å². The molecule has 0 heterocycles. The van der Waals surface area contributed by atoms with Gasteiger partial charge in [0.1, 0.15) is 0 Å². The molecule has 212 valence electrons. The Morgan fingerprint density at radius 1 is 0.543 bits per heavy atom. The van der Waals surface area contributed by atoms with Crippen LogP contribution in [0.3, 0.4) is 0 Å². The predicted octanol–water partition coefficient (Wildman–Crippen LogP) is 10.6. The highest BCUT2D eigenvalue weighted by Gasteiger charge is 2.27. The molecule has 0 aliphatic heterocycles. The van der Waals surface area contributed by atoms with Crippen molar-refractivity contribution in [2.75, 3.05) is 32.6 Å². The normalized spacial score (nSPS) is 15.2. The van der Waals surface area contributed by atoms with Gasteiger partial charge in [0.05, 0.1) is 26.0 Å². The van der Waals surface area contributed by atoms with Crippen LogP contribution >= 0.6 is 7.60 Å². The second-order valence-corrected chi connectivity index (χ2v) is 12.7. The highest BCUT2D eigenvalue weighted by Crippen LogP contribution is 2.49. The Kier molecular flexibility index (Phi) is 25.8. The standard InChI is InChI=1S/C30H63O4P/c1-6-11-14-15-16-17-18-19-20-21-24-32-25-26-35(31,33-27-29(9-4)22-12-7-2)34-28-30(10-5)23-13-8-3/h29-30H,6-28H2,1-5H3. The third-order valence-corrected chi connectivity index (χ3v) is 9.07. The summed E-state index contributed by atoms with van der Waals surface area (Å²) in [6.45, 7) is 13.4. The maximum atomic E-state index is 13.6. The number of unbranched alkanes of at least 4 members (excludes halogenated alkanes) is 11. The number of ether oxygens (including phenoxy) is 1. The van der Waals surface area contributed by atoms with Gasteiger partial charge in [-0.2, -0.15) is 0 Å². The quantitative estimate of drug-likeness (QED) is 0.0763. The van der Waals surface area contributed by atoms with Crippen LogP contribution in [0.5, 0.6) is 0 Å². The highest BCUT2D eigenvalue weighted by molar-refractivity contribution is 7.53. The van der Waals surface area contributed by atoms with Crippen LogP contribution in [0.4, 0.5) is 0 Å². The molecule has 0 rings (SSSR count). The molecule has 0 aliphatic carbocycles. The van der Waals surface area contributed by atoms with Crippen LogP contribution in [0, 0.1) is 11.8 Å². The topological polar surface area (TPSA) is 44.8 Å². The van der Waals surface area contributed by atoms with E-state index in [1.54, 1.807) is 0 Å². The molecule has 0 fully saturated rings. The largest absolute Gasteiger partial charge is 0.381 e. The fraction of sp³-hybridized carbons (Fsp3) is 1.00. The average Bonchev–Trinajstić information content (AvgIpc) is 2.87. The minimum Gasteiger partial charge on any atom is -0.381 e. The van der Waals surface area contributed by atoms with Crippen LogP contribution < -0.4 is 0 Å². The van der Waals surface area contributed by atoms with Crippen LogP contribution in [0.25, 0.3) is 0 Å². The van der Waals surface area contributed by atoms with Crippen molar-refractivity contribution in [1.29, 1.82) is 0 Å². The molecule has 0 saturated carbocycles. The van der Waals surface area contributed by atoms with Crippen molar-refractivity contribution >= 4 is 7.60 Å². The first-order valence-corrected chi connectivity index (χ1v) is 17.2. The van der Waals surface area contributed by atoms with E-state index < -0.39 is 7.60 Å². The molecule has 0 bridgehead atoms. The third-order valence-electron chi connectivity index (χ3n) is 7.25. The van der Waals surface area contributed by atoms with Gasteiger partial charge < -0.3 is 13.8 Å². The van der Waals surface area contributed by atoms with Gasteiger partial charge in [-0.15, -0.1) is 0 Å². The highest BCUT2D eigenvalue weighted by atomic mass is 31.2. The summed E-state index contributed by atoms with van der Waals surface area (Å²) in [7, 11) is -3.13. The summed E-state index contributed by atoms with van der Waals surface area (Å²) in [4.78, 5) is 0. The first-order valence-electron chi connectivity index (χ1n) is 15.5. The molecule has 0 N–H and O–H groups in total. The van der Waals surface area contributed by atoms with Crippen LogP contribution in [-0.2, 0) is 18.3 Å². The van der Waals surface area contributed by atoms with E-state index in [0.717, 1.165) is 38.7 Å². The Bertz CT molecular complexity index is 447. The zero-order chi connectivity index (χ0) is 26.0. The van der Waals surface area contributed by atoms with Crippen molar-refractivity contribution in [2.45, 2.75) is 150 Å². The molecule has 2 unspecified atom stereocenters. The van der Waals surface area contributed by atoms with Crippen molar-refractivity contribution in [3.63, 3.8) is 0 Å². The summed E-state index contributed by atoms with van der Waals surface area (Å²) in [6, 6.07) is 0. The van der Waals surface area contributed by atoms with Crippen molar-refractivity contribution in [2.24, 2.45) is 11.8 Å². The summed E-state index contributed by atoms with van der Waals surface area (Å²) < 4.78 is 31.5. The Balaban J connectivity index is 4.30. The summed E-state index contributed by atoms with van der Waals surface area (Å²) in [6.07, 6.45) is 22.8. The van der Waals surface area contributed by atoms with Crippen molar-refractivity contribution in [3.8, 4) is 0 Å². The molecule has 0 radical (unpaired) electrons. The van der Waals surface area contributed by atoms with E-state index in [9.17, 15) is 4.57 Å². The van der Waals surface area contributed by atoms with Crippen molar-refractivity contribution in [1.82, 2.24) is 0 Å². The molecule has 0 spiro atoms. The average molecular weight is 519 g/mol. The van der Waals surface area contributed by atoms with Gasteiger partial charge in [-0.1, -0.05) is 131 Å². The first-order chi connectivity index (χ1) is 17.0. The minimum atomic E-state index is -3.13. The van der Waals surface area contributed by atoms with Gasteiger partial charge in [-0.3, -0.25) is 4.57 Å². The van der Waals surface area contributed by atoms with Crippen molar-refractivity contribution < 1.29 is 18.3 Å². The van der Waals surface area contributed by atoms with E-state index in [1.807, 2.05) is 0 Å². The SMILES string of the molecule is CCCCCCCCCCCCOCCP(=O)(OCC(CC)CCCC)OCC(CC)CCCC. The Morgan fingerprint density at radius 2 is 0.971 bits per heavy atom. The van der Waals surface area contributed by atoms with Crippen LogP contribution in [0.1, 0.15) is 150 Å². The van der Waals surface area contributed by atoms with Gasteiger partial charge in [-0.25, -0.2) is 0 Å². The van der Waals surface area contributed by atoms with E-state index in [4.69, 9.17) is 13.8 Å². The van der Waals surface area contributed by atoms with E-state index in [1.165, 1.54) is 83.5 Å². The lowest BCUT2D eigenvalue weighted by Gasteiger charge is -2.24. The van der Waals surface area contributed by atoms with Gasteiger partial charge in [0.15, 0.2) is 0 Å². The van der Waals surface area contributed by atoms with Gasteiger partial charge >= 0.3 is 7.60 Å². The van der Waals surface area contributed by atoms with E-state index >= 15 is 0 Å². The molecule has 5 heteroatoms. The molecule has 0 amide bonds. The van der Waals surface area contributed by atoms with Crippen LogP contribution in [0.2, 0.25) is 0 Å². The fourth-order valence-corrected chi connectivity index (χ4v) is 5.93. The summed E-state index contributed by atoms with van der Waals surface area (Å²) in [5.74, 6) is 0.919. The lowest BCUT2D eigenvalue weighted by molar-refractivity contribution is 0.123. The van der Waals surface area contributed by atoms with Gasteiger partial charge in [0, 0.05) is 6.61 Å². The second-order valence-electron chi connectivity index (χ2n) is 10.6. The second kappa shape index (κ2) is 25.7. The third kappa shape index (κ3) is 21.9. The van der Waals surface area contributed by atoms with Crippen LogP contribution in [-0.4, -0.2) is 32.6 Å². The molecular weight excluding hydrogens is 455 g/mol. The zero-order valence-corrected chi connectivity index (χ0v) is 25.4. The molecule has 4 nitrogen and oxygen atoms in total. The maximum Gasteiger partial charge on any atom is 0.333 e. The summed E-state index contributed by atoms with van der Waals surface area (Å²) in [5, 5.41) is 0. The zero-order valence-electron chi connectivity index (χ0n) is 24.5. The number of hydrogen-bond acceptors (Lipinski definition) is 4. The summed E-state index contributed by atoms with van der Waals surface area (Å²) >= 11 is 0. The van der Waals surface area contributed by atoms with E-state index in [2.05, 4.69) is 34.6 Å². The maximum absolute atomic E-state index is 13.6. The van der Waals surface area contributed by atoms with Gasteiger partial charge in [-0.05, 0) is 31.1 Å². The monoisotopic (exact) mass is 518 g/mol. The fourth-order valence-electron chi connectivity index (χ4n) is 4.37. The van der Waals surface area contributed by atoms with E-state index in [-0.39, 0.29) is 0 Å². The Morgan fingerprint density at radius 3 is 1.40 bits per heavy atom. The number of hydrogen-bond donors (Lipinski definition) is 0. The molecule has 0 saturated heterocycles. The molecule has 2 atom stereocenters.